The zero-order chi connectivity index (χ0) is 22.0. The molecule has 4 rings (SSSR count). The van der Waals surface area contributed by atoms with Crippen LogP contribution in [-0.4, -0.2) is 19.7 Å². The van der Waals surface area contributed by atoms with E-state index in [0.717, 1.165) is 22.0 Å². The molecule has 0 amide bonds. The van der Waals surface area contributed by atoms with Gasteiger partial charge in [0.25, 0.3) is 0 Å². The minimum atomic E-state index is -1.61. The Morgan fingerprint density at radius 3 is 2.35 bits per heavy atom. The van der Waals surface area contributed by atoms with Gasteiger partial charge in [-0.2, -0.15) is 0 Å². The van der Waals surface area contributed by atoms with Gasteiger partial charge in [0.1, 0.15) is 11.0 Å². The molecule has 1 heterocycles. The van der Waals surface area contributed by atoms with Crippen molar-refractivity contribution in [2.24, 2.45) is 0 Å². The first kappa shape index (κ1) is 21.8. The molecule has 5 nitrogen and oxygen atoms in total. The van der Waals surface area contributed by atoms with E-state index < -0.39 is 22.0 Å². The second-order valence-corrected chi connectivity index (χ2v) is 9.76. The summed E-state index contributed by atoms with van der Waals surface area (Å²) in [4.78, 5) is 4.93. The van der Waals surface area contributed by atoms with Gasteiger partial charge in [0.15, 0.2) is 11.0 Å². The molecule has 0 aliphatic carbocycles. The van der Waals surface area contributed by atoms with E-state index in [-0.39, 0.29) is 0 Å². The molecule has 0 aliphatic rings. The lowest BCUT2D eigenvalue weighted by atomic mass is 10.0. The molecule has 31 heavy (non-hydrogen) atoms. The van der Waals surface area contributed by atoms with Crippen LogP contribution in [0.3, 0.4) is 0 Å². The van der Waals surface area contributed by atoms with Crippen LogP contribution in [0.5, 0.6) is 0 Å². The van der Waals surface area contributed by atoms with Crippen molar-refractivity contribution in [2.75, 3.05) is 15.7 Å². The van der Waals surface area contributed by atoms with E-state index in [1.165, 1.54) is 6.26 Å². The normalized spacial score (nSPS) is 13.0. The smallest absolute Gasteiger partial charge is 0.151 e. The highest BCUT2D eigenvalue weighted by molar-refractivity contribution is 7.86. The summed E-state index contributed by atoms with van der Waals surface area (Å²) in [6, 6.07) is 20.1. The lowest BCUT2D eigenvalue weighted by Gasteiger charge is -2.12. The molecule has 3 aromatic carbocycles. The predicted molar refractivity (Wildman–Crippen MR) is 131 cm³/mol. The van der Waals surface area contributed by atoms with Crippen molar-refractivity contribution in [3.63, 3.8) is 0 Å². The Kier molecular flexibility index (Phi) is 6.57. The van der Waals surface area contributed by atoms with Crippen LogP contribution in [0.4, 0.5) is 11.4 Å². The summed E-state index contributed by atoms with van der Waals surface area (Å²) in [6.07, 6.45) is 3.26. The first-order valence-electron chi connectivity index (χ1n) is 9.14. The number of fused-ring (bicyclic) bond motifs is 1. The Bertz CT molecular complexity index is 1330. The first-order chi connectivity index (χ1) is 14.9. The second kappa shape index (κ2) is 9.36. The molecule has 9 heteroatoms. The molecule has 0 radical (unpaired) electrons. The Morgan fingerprint density at radius 1 is 0.839 bits per heavy atom. The molecule has 158 valence electrons. The summed E-state index contributed by atoms with van der Waals surface area (Å²) in [5, 5.41) is 2.87. The highest BCUT2D eigenvalue weighted by Gasteiger charge is 2.14. The SMILES string of the molecule is CS(=O)Nc1ccc(S(=O)Nc2ccc(Cl)c(-c3nccc4ccccc34)c2)c(Cl)c1. The summed E-state index contributed by atoms with van der Waals surface area (Å²) in [6.45, 7) is 0. The van der Waals surface area contributed by atoms with Crippen molar-refractivity contribution in [1.82, 2.24) is 4.98 Å². The summed E-state index contributed by atoms with van der Waals surface area (Å²) < 4.78 is 29.9. The van der Waals surface area contributed by atoms with Crippen molar-refractivity contribution < 1.29 is 8.42 Å². The molecular weight excluding hydrogens is 473 g/mol. The molecule has 0 aliphatic heterocycles. The van der Waals surface area contributed by atoms with Gasteiger partial charge < -0.3 is 9.44 Å². The molecule has 1 aromatic heterocycles. The monoisotopic (exact) mass is 489 g/mol. The maximum absolute atomic E-state index is 12.9. The summed E-state index contributed by atoms with van der Waals surface area (Å²) in [7, 11) is -2.84. The van der Waals surface area contributed by atoms with Crippen molar-refractivity contribution >= 4 is 67.3 Å². The number of anilines is 2. The minimum Gasteiger partial charge on any atom is -0.305 e. The number of benzene rings is 3. The largest absolute Gasteiger partial charge is 0.305 e. The Balaban J connectivity index is 1.65. The fourth-order valence-corrected chi connectivity index (χ4v) is 5.08. The number of aromatic nitrogens is 1. The Morgan fingerprint density at radius 2 is 1.58 bits per heavy atom. The van der Waals surface area contributed by atoms with Crippen LogP contribution in [0.15, 0.2) is 77.8 Å². The number of nitrogens with zero attached hydrogens (tertiary/aromatic N) is 1. The topological polar surface area (TPSA) is 71.1 Å². The standard InChI is InChI=1S/C22H17Cl2N3O2S2/c1-30(28)26-16-7-9-21(20(24)13-16)31(29)27-15-6-8-19(23)18(12-15)22-17-5-3-2-4-14(17)10-11-25-22/h2-13,26-27H,1H3. The first-order valence-corrected chi connectivity index (χ1v) is 12.6. The van der Waals surface area contributed by atoms with Crippen LogP contribution >= 0.6 is 23.2 Å². The highest BCUT2D eigenvalue weighted by Crippen LogP contribution is 2.34. The minimum absolute atomic E-state index is 0.297. The van der Waals surface area contributed by atoms with Crippen LogP contribution in [0.25, 0.3) is 22.0 Å². The molecule has 0 fully saturated rings. The quantitative estimate of drug-likeness (QED) is 0.346. The van der Waals surface area contributed by atoms with E-state index >= 15 is 0 Å². The van der Waals surface area contributed by atoms with Gasteiger partial charge in [0, 0.05) is 34.8 Å². The molecule has 2 unspecified atom stereocenters. The van der Waals surface area contributed by atoms with Crippen LogP contribution < -0.4 is 9.44 Å². The third-order valence-corrected chi connectivity index (χ3v) is 6.95. The summed E-state index contributed by atoms with van der Waals surface area (Å²) in [5.41, 5.74) is 2.68. The molecule has 2 atom stereocenters. The van der Waals surface area contributed by atoms with E-state index in [4.69, 9.17) is 23.2 Å². The van der Waals surface area contributed by atoms with Crippen LogP contribution in [0, 0.1) is 0 Å². The van der Waals surface area contributed by atoms with Crippen molar-refractivity contribution in [1.29, 1.82) is 0 Å². The van der Waals surface area contributed by atoms with Crippen molar-refractivity contribution in [3.05, 3.63) is 83.0 Å². The van der Waals surface area contributed by atoms with E-state index in [2.05, 4.69) is 14.4 Å². The second-order valence-electron chi connectivity index (χ2n) is 6.65. The van der Waals surface area contributed by atoms with Crippen molar-refractivity contribution in [2.45, 2.75) is 4.90 Å². The average molecular weight is 490 g/mol. The number of hydrogen-bond donors (Lipinski definition) is 2. The van der Waals surface area contributed by atoms with E-state index in [1.54, 1.807) is 36.5 Å². The molecule has 0 spiro atoms. The van der Waals surface area contributed by atoms with Crippen LogP contribution in [0.1, 0.15) is 0 Å². The van der Waals surface area contributed by atoms with Gasteiger partial charge in [-0.3, -0.25) is 4.98 Å². The molecule has 0 saturated carbocycles. The van der Waals surface area contributed by atoms with Gasteiger partial charge in [0.2, 0.25) is 0 Å². The Labute approximate surface area is 195 Å². The van der Waals surface area contributed by atoms with E-state index in [1.807, 2.05) is 36.4 Å². The third kappa shape index (κ3) is 4.91. The third-order valence-electron chi connectivity index (χ3n) is 4.50. The van der Waals surface area contributed by atoms with Gasteiger partial charge in [-0.1, -0.05) is 47.5 Å². The van der Waals surface area contributed by atoms with Gasteiger partial charge in [-0.15, -0.1) is 0 Å². The van der Waals surface area contributed by atoms with Crippen molar-refractivity contribution in [3.8, 4) is 11.3 Å². The lowest BCUT2D eigenvalue weighted by Crippen LogP contribution is -2.07. The molecule has 0 saturated heterocycles. The fraction of sp³-hybridized carbons (Fsp3) is 0.0455. The lowest BCUT2D eigenvalue weighted by molar-refractivity contribution is 0.686. The average Bonchev–Trinajstić information content (AvgIpc) is 2.74. The van der Waals surface area contributed by atoms with Gasteiger partial charge >= 0.3 is 0 Å². The fourth-order valence-electron chi connectivity index (χ4n) is 3.15. The zero-order valence-corrected chi connectivity index (χ0v) is 19.4. The number of rotatable bonds is 6. The van der Waals surface area contributed by atoms with Crippen LogP contribution in [0.2, 0.25) is 10.0 Å². The van der Waals surface area contributed by atoms with Gasteiger partial charge in [-0.05, 0) is 47.9 Å². The van der Waals surface area contributed by atoms with E-state index in [9.17, 15) is 8.42 Å². The van der Waals surface area contributed by atoms with Gasteiger partial charge in [-0.25, -0.2) is 8.42 Å². The number of nitrogens with one attached hydrogen (secondary N) is 2. The number of halogens is 2. The molecule has 4 aromatic rings. The van der Waals surface area contributed by atoms with E-state index in [0.29, 0.717) is 26.3 Å². The summed E-state index contributed by atoms with van der Waals surface area (Å²) in [5.74, 6) is 0. The Hall–Kier alpha value is -2.45. The number of pyridine rings is 1. The molecule has 0 bridgehead atoms. The number of hydrogen-bond acceptors (Lipinski definition) is 3. The predicted octanol–water partition coefficient (Wildman–Crippen LogP) is 6.05. The van der Waals surface area contributed by atoms with Gasteiger partial charge in [0.05, 0.1) is 20.6 Å². The highest BCUT2D eigenvalue weighted by atomic mass is 35.5. The maximum atomic E-state index is 12.9. The summed E-state index contributed by atoms with van der Waals surface area (Å²) >= 11 is 12.8. The molecule has 2 N–H and O–H groups in total. The maximum Gasteiger partial charge on any atom is 0.151 e. The van der Waals surface area contributed by atoms with Crippen LogP contribution in [-0.2, 0) is 22.0 Å². The zero-order valence-electron chi connectivity index (χ0n) is 16.3. The molecular formula is C22H17Cl2N3O2S2.